The van der Waals surface area contributed by atoms with Crippen LogP contribution in [0.25, 0.3) is 0 Å². The van der Waals surface area contributed by atoms with Crippen molar-refractivity contribution in [3.05, 3.63) is 56.7 Å². The summed E-state index contributed by atoms with van der Waals surface area (Å²) in [5.74, 6) is -0.565. The van der Waals surface area contributed by atoms with Crippen LogP contribution >= 0.6 is 22.6 Å². The summed E-state index contributed by atoms with van der Waals surface area (Å²) < 4.78 is 33.6. The zero-order valence-electron chi connectivity index (χ0n) is 12.9. The molecule has 0 saturated heterocycles. The summed E-state index contributed by atoms with van der Waals surface area (Å²) >= 11 is 2.16. The Hall–Kier alpha value is -1.61. The molecule has 0 unspecified atom stereocenters. The molecule has 2 rings (SSSR count). The van der Waals surface area contributed by atoms with Crippen molar-refractivity contribution in [3.8, 4) is 0 Å². The molecular weight excluding hydrogens is 429 g/mol. The van der Waals surface area contributed by atoms with Gasteiger partial charge in [-0.1, -0.05) is 6.07 Å². The molecule has 1 N–H and O–H groups in total. The maximum absolute atomic E-state index is 12.7. The van der Waals surface area contributed by atoms with Gasteiger partial charge in [0.25, 0.3) is 10.0 Å². The van der Waals surface area contributed by atoms with Crippen LogP contribution in [0.1, 0.15) is 21.5 Å². The topological polar surface area (TPSA) is 72.5 Å². The Morgan fingerprint density at radius 1 is 1.17 bits per heavy atom. The summed E-state index contributed by atoms with van der Waals surface area (Å²) in [5, 5.41) is 0. The van der Waals surface area contributed by atoms with Crippen molar-refractivity contribution in [2.24, 2.45) is 0 Å². The van der Waals surface area contributed by atoms with E-state index in [1.54, 1.807) is 13.0 Å². The number of rotatable bonds is 4. The van der Waals surface area contributed by atoms with Crippen LogP contribution in [0.5, 0.6) is 0 Å². The van der Waals surface area contributed by atoms with Crippen molar-refractivity contribution in [1.29, 1.82) is 0 Å². The number of methoxy groups -OCH3 is 1. The average Bonchev–Trinajstić information content (AvgIpc) is 2.49. The third kappa shape index (κ3) is 3.84. The van der Waals surface area contributed by atoms with Crippen molar-refractivity contribution in [2.75, 3.05) is 11.8 Å². The van der Waals surface area contributed by atoms with Crippen LogP contribution < -0.4 is 4.72 Å². The first-order valence-corrected chi connectivity index (χ1v) is 9.29. The standard InChI is InChI=1S/C16H16INO4S/c1-10-9-12(17)7-8-14(10)18-23(20,21)15-6-4-5-13(11(15)2)16(19)22-3/h4-9,18H,1-3H3. The molecule has 122 valence electrons. The van der Waals surface area contributed by atoms with Crippen molar-refractivity contribution in [3.63, 3.8) is 0 Å². The van der Waals surface area contributed by atoms with Gasteiger partial charge in [-0.25, -0.2) is 13.2 Å². The largest absolute Gasteiger partial charge is 0.465 e. The number of nitrogens with one attached hydrogen (secondary N) is 1. The molecule has 0 aliphatic carbocycles. The molecule has 0 aromatic heterocycles. The quantitative estimate of drug-likeness (QED) is 0.578. The van der Waals surface area contributed by atoms with Crippen LogP contribution in [-0.2, 0) is 14.8 Å². The lowest BCUT2D eigenvalue weighted by molar-refractivity contribution is 0.0599. The molecule has 0 fully saturated rings. The molecule has 0 bridgehead atoms. The van der Waals surface area contributed by atoms with Gasteiger partial charge in [-0.05, 0) is 77.9 Å². The lowest BCUT2D eigenvalue weighted by atomic mass is 10.1. The first kappa shape index (κ1) is 17.7. The van der Waals surface area contributed by atoms with E-state index < -0.39 is 16.0 Å². The summed E-state index contributed by atoms with van der Waals surface area (Å²) in [6.07, 6.45) is 0. The summed E-state index contributed by atoms with van der Waals surface area (Å²) in [5.41, 5.74) is 1.92. The normalized spacial score (nSPS) is 11.1. The molecule has 5 nitrogen and oxygen atoms in total. The van der Waals surface area contributed by atoms with Gasteiger partial charge in [0.15, 0.2) is 0 Å². The fourth-order valence-electron chi connectivity index (χ4n) is 2.18. The number of carbonyl (C=O) groups excluding carboxylic acids is 1. The third-order valence-electron chi connectivity index (χ3n) is 3.41. The highest BCUT2D eigenvalue weighted by Gasteiger charge is 2.21. The predicted octanol–water partition coefficient (Wildman–Crippen LogP) is 3.50. The summed E-state index contributed by atoms with van der Waals surface area (Å²) in [6.45, 7) is 3.42. The Balaban J connectivity index is 2.46. The number of carbonyl (C=O) groups is 1. The first-order valence-electron chi connectivity index (χ1n) is 6.73. The summed E-state index contributed by atoms with van der Waals surface area (Å²) in [7, 11) is -2.54. The second-order valence-electron chi connectivity index (χ2n) is 4.99. The second kappa shape index (κ2) is 6.88. The number of hydrogen-bond donors (Lipinski definition) is 1. The number of ether oxygens (including phenoxy) is 1. The molecule has 0 radical (unpaired) electrons. The Bertz CT molecular complexity index is 862. The van der Waals surface area contributed by atoms with Gasteiger partial charge in [-0.15, -0.1) is 0 Å². The van der Waals surface area contributed by atoms with Gasteiger partial charge in [-0.3, -0.25) is 4.72 Å². The number of anilines is 1. The Labute approximate surface area is 149 Å². The molecule has 0 heterocycles. The van der Waals surface area contributed by atoms with E-state index in [2.05, 4.69) is 32.0 Å². The van der Waals surface area contributed by atoms with E-state index >= 15 is 0 Å². The van der Waals surface area contributed by atoms with Gasteiger partial charge in [0.1, 0.15) is 0 Å². The number of aryl methyl sites for hydroxylation is 1. The van der Waals surface area contributed by atoms with Crippen LogP contribution in [0.15, 0.2) is 41.3 Å². The molecule has 0 saturated carbocycles. The zero-order chi connectivity index (χ0) is 17.2. The van der Waals surface area contributed by atoms with Gasteiger partial charge >= 0.3 is 5.97 Å². The number of hydrogen-bond acceptors (Lipinski definition) is 4. The molecule has 2 aromatic carbocycles. The number of halogens is 1. The van der Waals surface area contributed by atoms with E-state index in [-0.39, 0.29) is 10.5 Å². The second-order valence-corrected chi connectivity index (χ2v) is 7.88. The first-order chi connectivity index (χ1) is 10.8. The minimum absolute atomic E-state index is 0.0540. The molecule has 0 aliphatic heterocycles. The average molecular weight is 445 g/mol. The lowest BCUT2D eigenvalue weighted by Gasteiger charge is -2.14. The van der Waals surface area contributed by atoms with E-state index in [0.717, 1.165) is 9.13 Å². The van der Waals surface area contributed by atoms with Crippen LogP contribution in [0, 0.1) is 17.4 Å². The maximum atomic E-state index is 12.7. The minimum Gasteiger partial charge on any atom is -0.465 e. The van der Waals surface area contributed by atoms with Gasteiger partial charge in [-0.2, -0.15) is 0 Å². The lowest BCUT2D eigenvalue weighted by Crippen LogP contribution is -2.17. The zero-order valence-corrected chi connectivity index (χ0v) is 15.9. The van der Waals surface area contributed by atoms with E-state index in [9.17, 15) is 13.2 Å². The molecule has 0 atom stereocenters. The van der Waals surface area contributed by atoms with Gasteiger partial charge in [0.05, 0.1) is 23.3 Å². The highest BCUT2D eigenvalue weighted by atomic mass is 127. The molecular formula is C16H16INO4S. The molecule has 2 aromatic rings. The van der Waals surface area contributed by atoms with Gasteiger partial charge in [0.2, 0.25) is 0 Å². The fourth-order valence-corrected chi connectivity index (χ4v) is 4.22. The molecule has 7 heteroatoms. The highest BCUT2D eigenvalue weighted by Crippen LogP contribution is 2.25. The molecule has 0 amide bonds. The van der Waals surface area contributed by atoms with Crippen LogP contribution in [0.3, 0.4) is 0 Å². The summed E-state index contributed by atoms with van der Waals surface area (Å²) in [6, 6.07) is 9.95. The highest BCUT2D eigenvalue weighted by molar-refractivity contribution is 14.1. The summed E-state index contributed by atoms with van der Waals surface area (Å²) in [4.78, 5) is 11.8. The van der Waals surface area contributed by atoms with E-state index in [0.29, 0.717) is 11.3 Å². The Kier molecular flexibility index (Phi) is 5.30. The molecule has 23 heavy (non-hydrogen) atoms. The smallest absolute Gasteiger partial charge is 0.338 e. The number of esters is 1. The Morgan fingerprint density at radius 2 is 1.87 bits per heavy atom. The third-order valence-corrected chi connectivity index (χ3v) is 5.59. The van der Waals surface area contributed by atoms with Crippen molar-refractivity contribution < 1.29 is 17.9 Å². The van der Waals surface area contributed by atoms with Gasteiger partial charge < -0.3 is 4.74 Å². The monoisotopic (exact) mass is 445 g/mol. The van der Waals surface area contributed by atoms with Crippen LogP contribution in [-0.4, -0.2) is 21.5 Å². The van der Waals surface area contributed by atoms with Crippen LogP contribution in [0.2, 0.25) is 0 Å². The van der Waals surface area contributed by atoms with Gasteiger partial charge in [0, 0.05) is 3.57 Å². The number of sulfonamides is 1. The van der Waals surface area contributed by atoms with E-state index in [1.165, 1.54) is 25.3 Å². The predicted molar refractivity (Wildman–Crippen MR) is 97.2 cm³/mol. The molecule has 0 aliphatic rings. The van der Waals surface area contributed by atoms with Crippen molar-refractivity contribution in [1.82, 2.24) is 0 Å². The van der Waals surface area contributed by atoms with Crippen molar-refractivity contribution >= 4 is 44.3 Å². The number of benzene rings is 2. The van der Waals surface area contributed by atoms with Crippen molar-refractivity contribution in [2.45, 2.75) is 18.7 Å². The van der Waals surface area contributed by atoms with Crippen LogP contribution in [0.4, 0.5) is 5.69 Å². The maximum Gasteiger partial charge on any atom is 0.338 e. The van der Waals surface area contributed by atoms with E-state index in [1.807, 2.05) is 19.1 Å². The molecule has 0 spiro atoms. The minimum atomic E-state index is -3.80. The SMILES string of the molecule is COC(=O)c1cccc(S(=O)(=O)Nc2ccc(I)cc2C)c1C. The Morgan fingerprint density at radius 3 is 2.48 bits per heavy atom. The fraction of sp³-hybridized carbons (Fsp3) is 0.188. The van der Waals surface area contributed by atoms with E-state index in [4.69, 9.17) is 0 Å².